The highest BCUT2D eigenvalue weighted by Gasteiger charge is 2.22. The Morgan fingerprint density at radius 2 is 2.05 bits per heavy atom. The van der Waals surface area contributed by atoms with E-state index in [0.717, 1.165) is 34.1 Å². The fraction of sp³-hybridized carbons (Fsp3) is 0.188. The first-order valence-electron chi connectivity index (χ1n) is 6.61. The second-order valence-electron chi connectivity index (χ2n) is 4.77. The predicted octanol–water partition coefficient (Wildman–Crippen LogP) is 4.14. The minimum atomic E-state index is -0.0663. The Labute approximate surface area is 123 Å². The smallest absolute Gasteiger partial charge is 0.308 e. The van der Waals surface area contributed by atoms with Gasteiger partial charge in [0, 0.05) is 22.9 Å². The molecule has 1 aliphatic rings. The molecule has 20 heavy (non-hydrogen) atoms. The van der Waals surface area contributed by atoms with Crippen molar-refractivity contribution in [3.63, 3.8) is 0 Å². The summed E-state index contributed by atoms with van der Waals surface area (Å²) in [6.07, 6.45) is 0. The van der Waals surface area contributed by atoms with Crippen molar-refractivity contribution in [3.8, 4) is 0 Å². The van der Waals surface area contributed by atoms with Gasteiger partial charge < -0.3 is 5.32 Å². The Hall–Kier alpha value is -1.94. The van der Waals surface area contributed by atoms with Crippen molar-refractivity contribution in [3.05, 3.63) is 54.1 Å². The Kier molecular flexibility index (Phi) is 3.65. The van der Waals surface area contributed by atoms with E-state index in [0.29, 0.717) is 0 Å². The molecule has 0 aromatic heterocycles. The summed E-state index contributed by atoms with van der Waals surface area (Å²) in [6.45, 7) is 2.75. The third-order valence-electron chi connectivity index (χ3n) is 3.24. The zero-order chi connectivity index (χ0) is 13.9. The number of thioether (sulfide) groups is 1. The van der Waals surface area contributed by atoms with E-state index in [4.69, 9.17) is 0 Å². The molecule has 0 aliphatic carbocycles. The molecule has 1 aliphatic heterocycles. The van der Waals surface area contributed by atoms with Crippen LogP contribution in [0.2, 0.25) is 0 Å². The number of carbonyl (C=O) groups excluding carboxylic acids is 1. The second-order valence-corrected chi connectivity index (χ2v) is 5.90. The third-order valence-corrected chi connectivity index (χ3v) is 4.29. The number of hydrogen-bond donors (Lipinski definition) is 1. The lowest BCUT2D eigenvalue weighted by Gasteiger charge is -2.29. The summed E-state index contributed by atoms with van der Waals surface area (Å²) in [7, 11) is 0. The van der Waals surface area contributed by atoms with Gasteiger partial charge in [0.2, 0.25) is 0 Å². The van der Waals surface area contributed by atoms with Crippen LogP contribution >= 0.6 is 11.8 Å². The van der Waals surface area contributed by atoms with Crippen molar-refractivity contribution >= 4 is 29.2 Å². The second kappa shape index (κ2) is 5.59. The molecule has 2 aromatic rings. The van der Waals surface area contributed by atoms with E-state index in [9.17, 15) is 4.79 Å². The average Bonchev–Trinajstić information content (AvgIpc) is 2.46. The van der Waals surface area contributed by atoms with Crippen molar-refractivity contribution in [1.82, 2.24) is 0 Å². The lowest BCUT2D eigenvalue weighted by molar-refractivity contribution is 0.257. The molecule has 4 heteroatoms. The summed E-state index contributed by atoms with van der Waals surface area (Å²) in [5.74, 6) is 0.929. The molecule has 0 spiro atoms. The minimum absolute atomic E-state index is 0.0663. The first-order chi connectivity index (χ1) is 9.74. The zero-order valence-electron chi connectivity index (χ0n) is 11.3. The molecule has 0 saturated carbocycles. The van der Waals surface area contributed by atoms with Crippen LogP contribution in [0.3, 0.4) is 0 Å². The largest absolute Gasteiger partial charge is 0.326 e. The van der Waals surface area contributed by atoms with Crippen LogP contribution in [0.4, 0.5) is 16.2 Å². The monoisotopic (exact) mass is 284 g/mol. The maximum Gasteiger partial charge on any atom is 0.326 e. The van der Waals surface area contributed by atoms with Crippen LogP contribution in [0.15, 0.2) is 53.4 Å². The zero-order valence-corrected chi connectivity index (χ0v) is 12.1. The first-order valence-corrected chi connectivity index (χ1v) is 7.59. The van der Waals surface area contributed by atoms with Crippen molar-refractivity contribution in [2.45, 2.75) is 11.8 Å². The molecule has 0 atom stereocenters. The van der Waals surface area contributed by atoms with E-state index in [2.05, 4.69) is 11.4 Å². The van der Waals surface area contributed by atoms with Gasteiger partial charge in [-0.05, 0) is 36.8 Å². The highest BCUT2D eigenvalue weighted by molar-refractivity contribution is 7.99. The van der Waals surface area contributed by atoms with Crippen LogP contribution in [-0.2, 0) is 0 Å². The SMILES string of the molecule is Cc1cccc(NC(=O)N2CCSc3ccccc32)c1. The van der Waals surface area contributed by atoms with Crippen LogP contribution in [0.5, 0.6) is 0 Å². The lowest BCUT2D eigenvalue weighted by Crippen LogP contribution is -2.38. The van der Waals surface area contributed by atoms with Crippen molar-refractivity contribution in [2.75, 3.05) is 22.5 Å². The van der Waals surface area contributed by atoms with E-state index in [1.165, 1.54) is 0 Å². The van der Waals surface area contributed by atoms with Gasteiger partial charge in [-0.15, -0.1) is 11.8 Å². The molecule has 0 saturated heterocycles. The summed E-state index contributed by atoms with van der Waals surface area (Å²) >= 11 is 1.80. The van der Waals surface area contributed by atoms with Crippen molar-refractivity contribution in [1.29, 1.82) is 0 Å². The molecule has 0 bridgehead atoms. The lowest BCUT2D eigenvalue weighted by atomic mass is 10.2. The van der Waals surface area contributed by atoms with Gasteiger partial charge in [0.1, 0.15) is 0 Å². The topological polar surface area (TPSA) is 32.3 Å². The van der Waals surface area contributed by atoms with Crippen LogP contribution < -0.4 is 10.2 Å². The Bertz CT molecular complexity index is 642. The Balaban J connectivity index is 1.82. The average molecular weight is 284 g/mol. The van der Waals surface area contributed by atoms with E-state index in [1.807, 2.05) is 54.3 Å². The molecule has 0 unspecified atom stereocenters. The minimum Gasteiger partial charge on any atom is -0.308 e. The highest BCUT2D eigenvalue weighted by Crippen LogP contribution is 2.34. The molecule has 2 amide bonds. The molecule has 0 radical (unpaired) electrons. The highest BCUT2D eigenvalue weighted by atomic mass is 32.2. The molecule has 2 aromatic carbocycles. The van der Waals surface area contributed by atoms with Gasteiger partial charge >= 0.3 is 6.03 Å². The number of rotatable bonds is 1. The standard InChI is InChI=1S/C16H16N2OS/c1-12-5-4-6-13(11-12)17-16(19)18-9-10-20-15-8-3-2-7-14(15)18/h2-8,11H,9-10H2,1H3,(H,17,19). The van der Waals surface area contributed by atoms with Crippen molar-refractivity contribution < 1.29 is 4.79 Å². The molecule has 3 rings (SSSR count). The number of benzene rings is 2. The Morgan fingerprint density at radius 1 is 1.20 bits per heavy atom. The first kappa shape index (κ1) is 13.1. The number of hydrogen-bond acceptors (Lipinski definition) is 2. The van der Waals surface area contributed by atoms with E-state index < -0.39 is 0 Å². The van der Waals surface area contributed by atoms with Gasteiger partial charge in [-0.3, -0.25) is 4.90 Å². The number of carbonyl (C=O) groups is 1. The quantitative estimate of drug-likeness (QED) is 0.853. The maximum absolute atomic E-state index is 12.4. The number of para-hydroxylation sites is 1. The molecule has 1 heterocycles. The summed E-state index contributed by atoms with van der Waals surface area (Å²) in [4.78, 5) is 15.4. The predicted molar refractivity (Wildman–Crippen MR) is 84.7 cm³/mol. The fourth-order valence-electron chi connectivity index (χ4n) is 2.29. The van der Waals surface area contributed by atoms with E-state index >= 15 is 0 Å². The van der Waals surface area contributed by atoms with Crippen LogP contribution in [-0.4, -0.2) is 18.3 Å². The molecule has 0 fully saturated rings. The normalized spacial score (nSPS) is 13.8. The number of nitrogens with one attached hydrogen (secondary N) is 1. The number of aryl methyl sites for hydroxylation is 1. The van der Waals surface area contributed by atoms with Gasteiger partial charge in [0.25, 0.3) is 0 Å². The van der Waals surface area contributed by atoms with Gasteiger partial charge in [0.05, 0.1) is 5.69 Å². The Morgan fingerprint density at radius 3 is 2.90 bits per heavy atom. The summed E-state index contributed by atoms with van der Waals surface area (Å²) in [5.41, 5.74) is 2.97. The fourth-order valence-corrected chi connectivity index (χ4v) is 3.29. The van der Waals surface area contributed by atoms with Crippen LogP contribution in [0, 0.1) is 6.92 Å². The molecule has 1 N–H and O–H groups in total. The van der Waals surface area contributed by atoms with Gasteiger partial charge in [-0.1, -0.05) is 24.3 Å². The van der Waals surface area contributed by atoms with Gasteiger partial charge in [-0.25, -0.2) is 4.79 Å². The number of anilines is 2. The molecule has 102 valence electrons. The van der Waals surface area contributed by atoms with Crippen LogP contribution in [0.1, 0.15) is 5.56 Å². The van der Waals surface area contributed by atoms with E-state index in [1.54, 1.807) is 11.8 Å². The number of nitrogens with zero attached hydrogens (tertiary/aromatic N) is 1. The van der Waals surface area contributed by atoms with E-state index in [-0.39, 0.29) is 6.03 Å². The van der Waals surface area contributed by atoms with Crippen LogP contribution in [0.25, 0.3) is 0 Å². The third kappa shape index (κ3) is 2.65. The molecular formula is C16H16N2OS. The van der Waals surface area contributed by atoms with Gasteiger partial charge in [0.15, 0.2) is 0 Å². The molecular weight excluding hydrogens is 268 g/mol. The van der Waals surface area contributed by atoms with Crippen molar-refractivity contribution in [2.24, 2.45) is 0 Å². The van der Waals surface area contributed by atoms with Gasteiger partial charge in [-0.2, -0.15) is 0 Å². The number of urea groups is 1. The number of amides is 2. The summed E-state index contributed by atoms with van der Waals surface area (Å²) < 4.78 is 0. The number of fused-ring (bicyclic) bond motifs is 1. The summed E-state index contributed by atoms with van der Waals surface area (Å²) in [5, 5.41) is 2.97. The summed E-state index contributed by atoms with van der Waals surface area (Å²) in [6, 6.07) is 15.8. The molecule has 3 nitrogen and oxygen atoms in total. The maximum atomic E-state index is 12.4.